The van der Waals surface area contributed by atoms with Crippen molar-refractivity contribution in [1.29, 1.82) is 0 Å². The van der Waals surface area contributed by atoms with Gasteiger partial charge in [0.15, 0.2) is 0 Å². The largest absolute Gasteiger partial charge is 0.368 e. The number of hydrogen-bond acceptors (Lipinski definition) is 3. The molecule has 1 atom stereocenters. The van der Waals surface area contributed by atoms with Crippen molar-refractivity contribution in [3.8, 4) is 0 Å². The van der Waals surface area contributed by atoms with Gasteiger partial charge in [-0.25, -0.2) is 0 Å². The number of benzene rings is 1. The number of rotatable bonds is 6. The Morgan fingerprint density at radius 1 is 1.28 bits per heavy atom. The number of hydrogen-bond donors (Lipinski definition) is 1. The number of anilines is 1. The monoisotopic (exact) mass is 249 g/mol. The van der Waals surface area contributed by atoms with E-state index in [1.807, 2.05) is 0 Å². The third-order valence-corrected chi connectivity index (χ3v) is 3.31. The maximum atomic E-state index is 5.68. The average Bonchev–Trinajstić information content (AvgIpc) is 2.31. The quantitative estimate of drug-likeness (QED) is 0.839. The van der Waals surface area contributed by atoms with Gasteiger partial charge >= 0.3 is 0 Å². The van der Waals surface area contributed by atoms with Crippen molar-refractivity contribution < 1.29 is 0 Å². The lowest BCUT2D eigenvalue weighted by molar-refractivity contribution is 0.373. The van der Waals surface area contributed by atoms with E-state index in [0.717, 1.165) is 13.1 Å². The summed E-state index contributed by atoms with van der Waals surface area (Å²) in [4.78, 5) is 4.69. The van der Waals surface area contributed by atoms with Crippen molar-refractivity contribution in [1.82, 2.24) is 4.90 Å². The molecule has 0 aromatic heterocycles. The van der Waals surface area contributed by atoms with Crippen LogP contribution in [0.4, 0.5) is 5.69 Å². The minimum atomic E-state index is 0.507. The lowest BCUT2D eigenvalue weighted by atomic mass is 10.1. The molecule has 2 N–H and O–H groups in total. The highest BCUT2D eigenvalue weighted by molar-refractivity contribution is 5.55. The summed E-state index contributed by atoms with van der Waals surface area (Å²) in [5, 5.41) is 0. The van der Waals surface area contributed by atoms with E-state index in [-0.39, 0.29) is 0 Å². The van der Waals surface area contributed by atoms with E-state index in [2.05, 4.69) is 62.9 Å². The van der Waals surface area contributed by atoms with Crippen molar-refractivity contribution in [3.05, 3.63) is 29.3 Å². The van der Waals surface area contributed by atoms with Gasteiger partial charge in [0.2, 0.25) is 0 Å². The Bertz CT molecular complexity index is 374. The van der Waals surface area contributed by atoms with Crippen molar-refractivity contribution in [3.63, 3.8) is 0 Å². The van der Waals surface area contributed by atoms with Crippen LogP contribution in [-0.2, 0) is 6.54 Å². The molecule has 0 spiro atoms. The number of likely N-dealkylation sites (N-methyl/N-ethyl adjacent to an activating group) is 2. The molecule has 0 aliphatic heterocycles. The molecule has 3 heteroatoms. The van der Waals surface area contributed by atoms with Crippen LogP contribution in [0.15, 0.2) is 18.2 Å². The molecule has 1 aromatic carbocycles. The van der Waals surface area contributed by atoms with Crippen LogP contribution >= 0.6 is 0 Å². The summed E-state index contributed by atoms with van der Waals surface area (Å²) < 4.78 is 0. The molecule has 18 heavy (non-hydrogen) atoms. The van der Waals surface area contributed by atoms with Gasteiger partial charge in [0, 0.05) is 31.4 Å². The smallest absolute Gasteiger partial charge is 0.0398 e. The molecule has 0 saturated carbocycles. The summed E-state index contributed by atoms with van der Waals surface area (Å²) >= 11 is 0. The van der Waals surface area contributed by atoms with Gasteiger partial charge in [0.25, 0.3) is 0 Å². The Hall–Kier alpha value is -1.06. The maximum absolute atomic E-state index is 5.68. The number of aryl methyl sites for hydroxylation is 1. The molecule has 1 rings (SSSR count). The second-order valence-electron chi connectivity index (χ2n) is 5.22. The molecule has 0 heterocycles. The SMILES string of the molecule is CCN(c1ccc(CN)cc1C)C(C)CN(C)C. The molecule has 3 nitrogen and oxygen atoms in total. The average molecular weight is 249 g/mol. The predicted octanol–water partition coefficient (Wildman–Crippen LogP) is 2.23. The summed E-state index contributed by atoms with van der Waals surface area (Å²) in [6.07, 6.45) is 0. The first-order valence-corrected chi connectivity index (χ1v) is 6.70. The van der Waals surface area contributed by atoms with E-state index in [1.165, 1.54) is 16.8 Å². The number of nitrogens with zero attached hydrogens (tertiary/aromatic N) is 2. The van der Waals surface area contributed by atoms with Crippen molar-refractivity contribution >= 4 is 5.69 Å². The first-order chi connectivity index (χ1) is 8.49. The van der Waals surface area contributed by atoms with Gasteiger partial charge in [-0.2, -0.15) is 0 Å². The van der Waals surface area contributed by atoms with Gasteiger partial charge in [-0.3, -0.25) is 0 Å². The Morgan fingerprint density at radius 2 is 1.94 bits per heavy atom. The maximum Gasteiger partial charge on any atom is 0.0398 e. The molecule has 1 aromatic rings. The summed E-state index contributed by atoms with van der Waals surface area (Å²) in [5.74, 6) is 0. The Labute approximate surface area is 112 Å². The molecular formula is C15H27N3. The molecule has 0 aliphatic carbocycles. The predicted molar refractivity (Wildman–Crippen MR) is 80.1 cm³/mol. The normalized spacial score (nSPS) is 12.8. The van der Waals surface area contributed by atoms with Gasteiger partial charge in [0.1, 0.15) is 0 Å². The van der Waals surface area contributed by atoms with Gasteiger partial charge < -0.3 is 15.5 Å². The Kier molecular flexibility index (Phi) is 5.63. The van der Waals surface area contributed by atoms with Gasteiger partial charge in [-0.05, 0) is 52.1 Å². The topological polar surface area (TPSA) is 32.5 Å². The van der Waals surface area contributed by atoms with Crippen LogP contribution in [0.25, 0.3) is 0 Å². The lowest BCUT2D eigenvalue weighted by Gasteiger charge is -2.33. The summed E-state index contributed by atoms with van der Waals surface area (Å²) in [5.41, 5.74) is 9.52. The van der Waals surface area contributed by atoms with Gasteiger partial charge in [0.05, 0.1) is 0 Å². The fraction of sp³-hybridized carbons (Fsp3) is 0.600. The second kappa shape index (κ2) is 6.76. The van der Waals surface area contributed by atoms with E-state index < -0.39 is 0 Å². The van der Waals surface area contributed by atoms with Crippen LogP contribution in [0, 0.1) is 6.92 Å². The zero-order valence-electron chi connectivity index (χ0n) is 12.4. The molecule has 0 fully saturated rings. The third kappa shape index (κ3) is 3.72. The molecule has 0 bridgehead atoms. The zero-order chi connectivity index (χ0) is 13.7. The fourth-order valence-electron chi connectivity index (χ4n) is 2.51. The van der Waals surface area contributed by atoms with E-state index in [1.54, 1.807) is 0 Å². The summed E-state index contributed by atoms with van der Waals surface area (Å²) in [6, 6.07) is 7.04. The van der Waals surface area contributed by atoms with Crippen LogP contribution in [0.5, 0.6) is 0 Å². The Balaban J connectivity index is 2.94. The van der Waals surface area contributed by atoms with Crippen molar-refractivity contribution in [2.24, 2.45) is 5.73 Å². The highest BCUT2D eigenvalue weighted by Gasteiger charge is 2.15. The zero-order valence-corrected chi connectivity index (χ0v) is 12.4. The number of nitrogens with two attached hydrogens (primary N) is 1. The highest BCUT2D eigenvalue weighted by atomic mass is 15.2. The van der Waals surface area contributed by atoms with Crippen molar-refractivity contribution in [2.75, 3.05) is 32.1 Å². The third-order valence-electron chi connectivity index (χ3n) is 3.31. The van der Waals surface area contributed by atoms with Crippen LogP contribution in [-0.4, -0.2) is 38.1 Å². The lowest BCUT2D eigenvalue weighted by Crippen LogP contribution is -2.40. The van der Waals surface area contributed by atoms with Crippen LogP contribution < -0.4 is 10.6 Å². The van der Waals surface area contributed by atoms with E-state index in [9.17, 15) is 0 Å². The van der Waals surface area contributed by atoms with Gasteiger partial charge in [-0.15, -0.1) is 0 Å². The minimum absolute atomic E-state index is 0.507. The fourth-order valence-corrected chi connectivity index (χ4v) is 2.51. The van der Waals surface area contributed by atoms with Crippen LogP contribution in [0.3, 0.4) is 0 Å². The molecule has 0 amide bonds. The van der Waals surface area contributed by atoms with Gasteiger partial charge in [-0.1, -0.05) is 12.1 Å². The summed E-state index contributed by atoms with van der Waals surface area (Å²) in [6.45, 7) is 9.35. The molecular weight excluding hydrogens is 222 g/mol. The van der Waals surface area contributed by atoms with Crippen molar-refractivity contribution in [2.45, 2.75) is 33.4 Å². The van der Waals surface area contributed by atoms with Crippen LogP contribution in [0.1, 0.15) is 25.0 Å². The first kappa shape index (κ1) is 15.0. The standard InChI is InChI=1S/C15H27N3/c1-6-18(13(3)11-17(4)5)15-8-7-14(10-16)9-12(15)2/h7-9,13H,6,10-11,16H2,1-5H3. The first-order valence-electron chi connectivity index (χ1n) is 6.70. The molecule has 0 saturated heterocycles. The van der Waals surface area contributed by atoms with Crippen LogP contribution in [0.2, 0.25) is 0 Å². The Morgan fingerprint density at radius 3 is 2.39 bits per heavy atom. The second-order valence-corrected chi connectivity index (χ2v) is 5.22. The molecule has 1 unspecified atom stereocenters. The van der Waals surface area contributed by atoms with E-state index in [4.69, 9.17) is 5.73 Å². The molecule has 0 radical (unpaired) electrons. The minimum Gasteiger partial charge on any atom is -0.368 e. The van der Waals surface area contributed by atoms with E-state index >= 15 is 0 Å². The summed E-state index contributed by atoms with van der Waals surface area (Å²) in [7, 11) is 4.24. The van der Waals surface area contributed by atoms with E-state index in [0.29, 0.717) is 12.6 Å². The molecule has 0 aliphatic rings. The highest BCUT2D eigenvalue weighted by Crippen LogP contribution is 2.23. The molecule has 102 valence electrons.